The fraction of sp³-hybridized carbons (Fsp3) is 1.00. The predicted molar refractivity (Wildman–Crippen MR) is 52.1 cm³/mol. The zero-order valence-electron chi connectivity index (χ0n) is 8.45. The summed E-state index contributed by atoms with van der Waals surface area (Å²) < 4.78 is 0. The Morgan fingerprint density at radius 3 is 2.33 bits per heavy atom. The second kappa shape index (κ2) is 6.40. The molecule has 0 spiro atoms. The lowest BCUT2D eigenvalue weighted by Gasteiger charge is -2.30. The van der Waals surface area contributed by atoms with E-state index in [1.54, 1.807) is 0 Å². The van der Waals surface area contributed by atoms with E-state index in [9.17, 15) is 0 Å². The molecule has 0 aliphatic heterocycles. The summed E-state index contributed by atoms with van der Waals surface area (Å²) in [6.07, 6.45) is 2.02. The molecule has 0 rings (SSSR count). The lowest BCUT2D eigenvalue weighted by atomic mass is 10.1. The second-order valence-corrected chi connectivity index (χ2v) is 3.30. The average molecular weight is 174 g/mol. The monoisotopic (exact) mass is 174 g/mol. The molecule has 0 fully saturated rings. The highest BCUT2D eigenvalue weighted by molar-refractivity contribution is 4.78. The van der Waals surface area contributed by atoms with Gasteiger partial charge in [0, 0.05) is 12.1 Å². The molecule has 3 nitrogen and oxygen atoms in total. The minimum atomic E-state index is 0.0894. The van der Waals surface area contributed by atoms with Crippen LogP contribution in [0.25, 0.3) is 0 Å². The number of likely N-dealkylation sites (N-methyl/N-ethyl adjacent to an activating group) is 1. The maximum absolute atomic E-state index is 9.10. The third-order valence-corrected chi connectivity index (χ3v) is 2.30. The number of nitrogens with two attached hydrogens (primary N) is 1. The molecular weight excluding hydrogens is 152 g/mol. The van der Waals surface area contributed by atoms with Crippen molar-refractivity contribution >= 4 is 0 Å². The summed E-state index contributed by atoms with van der Waals surface area (Å²) in [6.45, 7) is 5.33. The normalized spacial score (nSPS) is 16.5. The molecule has 0 aromatic carbocycles. The van der Waals surface area contributed by atoms with Gasteiger partial charge >= 0.3 is 0 Å². The topological polar surface area (TPSA) is 49.5 Å². The Balaban J connectivity index is 3.94. The molecule has 0 aromatic rings. The van der Waals surface area contributed by atoms with Crippen LogP contribution in [-0.2, 0) is 0 Å². The average Bonchev–Trinajstić information content (AvgIpc) is 2.06. The van der Waals surface area contributed by atoms with Gasteiger partial charge in [-0.25, -0.2) is 0 Å². The number of aliphatic hydroxyl groups is 1. The van der Waals surface area contributed by atoms with E-state index in [4.69, 9.17) is 10.8 Å². The molecule has 3 heteroatoms. The third-order valence-electron chi connectivity index (χ3n) is 2.30. The molecule has 0 saturated carbocycles. The largest absolute Gasteiger partial charge is 0.395 e. The van der Waals surface area contributed by atoms with Gasteiger partial charge in [0.15, 0.2) is 0 Å². The summed E-state index contributed by atoms with van der Waals surface area (Å²) in [5, 5.41) is 9.10. The molecule has 0 aliphatic rings. The summed E-state index contributed by atoms with van der Waals surface area (Å²) in [7, 11) is 2.01. The van der Waals surface area contributed by atoms with Gasteiger partial charge in [0.2, 0.25) is 0 Å². The van der Waals surface area contributed by atoms with E-state index in [-0.39, 0.29) is 18.7 Å². The van der Waals surface area contributed by atoms with Crippen LogP contribution in [-0.4, -0.2) is 42.3 Å². The Hall–Kier alpha value is -0.120. The van der Waals surface area contributed by atoms with E-state index in [0.717, 1.165) is 19.4 Å². The van der Waals surface area contributed by atoms with Crippen molar-refractivity contribution in [3.63, 3.8) is 0 Å². The molecule has 0 saturated heterocycles. The van der Waals surface area contributed by atoms with Crippen molar-refractivity contribution in [2.24, 2.45) is 5.73 Å². The molecular formula is C9H22N2O. The highest BCUT2D eigenvalue weighted by Gasteiger charge is 2.18. The van der Waals surface area contributed by atoms with Gasteiger partial charge in [0.05, 0.1) is 6.61 Å². The van der Waals surface area contributed by atoms with Crippen LogP contribution in [0.4, 0.5) is 0 Å². The molecule has 2 unspecified atom stereocenters. The van der Waals surface area contributed by atoms with Gasteiger partial charge in [-0.1, -0.05) is 13.8 Å². The Kier molecular flexibility index (Phi) is 6.34. The van der Waals surface area contributed by atoms with Crippen molar-refractivity contribution in [3.05, 3.63) is 0 Å². The van der Waals surface area contributed by atoms with Crippen molar-refractivity contribution < 1.29 is 5.11 Å². The first-order valence-corrected chi connectivity index (χ1v) is 4.74. The highest BCUT2D eigenvalue weighted by Crippen LogP contribution is 2.03. The molecule has 0 bridgehead atoms. The molecule has 2 atom stereocenters. The standard InChI is InChI=1S/C9H22N2O/c1-4-6-11(3)9(7-12)8(10)5-2/h8-9,12H,4-7,10H2,1-3H3. The molecule has 74 valence electrons. The Morgan fingerprint density at radius 1 is 1.42 bits per heavy atom. The smallest absolute Gasteiger partial charge is 0.0601 e. The van der Waals surface area contributed by atoms with E-state index in [1.165, 1.54) is 0 Å². The van der Waals surface area contributed by atoms with Gasteiger partial charge in [-0.15, -0.1) is 0 Å². The first-order valence-electron chi connectivity index (χ1n) is 4.74. The van der Waals surface area contributed by atoms with Gasteiger partial charge < -0.3 is 10.8 Å². The SMILES string of the molecule is CCCN(C)C(CO)C(N)CC. The summed E-state index contributed by atoms with van der Waals surface area (Å²) >= 11 is 0. The Labute approximate surface area is 75.6 Å². The van der Waals surface area contributed by atoms with Gasteiger partial charge in [-0.05, 0) is 26.4 Å². The number of nitrogens with zero attached hydrogens (tertiary/aromatic N) is 1. The second-order valence-electron chi connectivity index (χ2n) is 3.30. The molecule has 0 aliphatic carbocycles. The zero-order valence-corrected chi connectivity index (χ0v) is 8.45. The number of hydrogen-bond donors (Lipinski definition) is 2. The third kappa shape index (κ3) is 3.52. The lowest BCUT2D eigenvalue weighted by molar-refractivity contribution is 0.125. The van der Waals surface area contributed by atoms with Crippen molar-refractivity contribution in [3.8, 4) is 0 Å². The predicted octanol–water partition coefficient (Wildman–Crippen LogP) is 0.426. The minimum Gasteiger partial charge on any atom is -0.395 e. The Morgan fingerprint density at radius 2 is 2.00 bits per heavy atom. The van der Waals surface area contributed by atoms with Gasteiger partial charge in [-0.2, -0.15) is 0 Å². The van der Waals surface area contributed by atoms with Crippen molar-refractivity contribution in [1.29, 1.82) is 0 Å². The number of hydrogen-bond acceptors (Lipinski definition) is 3. The van der Waals surface area contributed by atoms with Crippen molar-refractivity contribution in [2.75, 3.05) is 20.2 Å². The van der Waals surface area contributed by atoms with Gasteiger partial charge in [-0.3, -0.25) is 4.90 Å². The minimum absolute atomic E-state index is 0.0894. The first-order chi connectivity index (χ1) is 5.67. The van der Waals surface area contributed by atoms with Crippen LogP contribution in [0.2, 0.25) is 0 Å². The van der Waals surface area contributed by atoms with Gasteiger partial charge in [0.1, 0.15) is 0 Å². The zero-order chi connectivity index (χ0) is 9.56. The van der Waals surface area contributed by atoms with Crippen LogP contribution >= 0.6 is 0 Å². The van der Waals surface area contributed by atoms with Crippen LogP contribution in [0.5, 0.6) is 0 Å². The molecule has 0 amide bonds. The molecule has 3 N–H and O–H groups in total. The summed E-state index contributed by atoms with van der Waals surface area (Å²) in [5.74, 6) is 0. The number of rotatable bonds is 6. The maximum Gasteiger partial charge on any atom is 0.0601 e. The molecule has 0 radical (unpaired) electrons. The first kappa shape index (κ1) is 11.9. The molecule has 0 aromatic heterocycles. The van der Waals surface area contributed by atoms with E-state index in [2.05, 4.69) is 11.8 Å². The maximum atomic E-state index is 9.10. The van der Waals surface area contributed by atoms with Gasteiger partial charge in [0.25, 0.3) is 0 Å². The lowest BCUT2D eigenvalue weighted by Crippen LogP contribution is -2.48. The number of aliphatic hydroxyl groups excluding tert-OH is 1. The fourth-order valence-corrected chi connectivity index (χ4v) is 1.39. The van der Waals surface area contributed by atoms with E-state index in [0.29, 0.717) is 0 Å². The van der Waals surface area contributed by atoms with E-state index >= 15 is 0 Å². The van der Waals surface area contributed by atoms with Crippen LogP contribution in [0.1, 0.15) is 26.7 Å². The van der Waals surface area contributed by atoms with Crippen LogP contribution in [0.15, 0.2) is 0 Å². The van der Waals surface area contributed by atoms with Crippen LogP contribution in [0, 0.1) is 0 Å². The summed E-state index contributed by atoms with van der Waals surface area (Å²) in [4.78, 5) is 2.13. The molecule has 12 heavy (non-hydrogen) atoms. The van der Waals surface area contributed by atoms with Crippen molar-refractivity contribution in [1.82, 2.24) is 4.90 Å². The Bertz CT molecular complexity index is 109. The van der Waals surface area contributed by atoms with Crippen molar-refractivity contribution in [2.45, 2.75) is 38.8 Å². The summed E-state index contributed by atoms with van der Waals surface area (Å²) in [6, 6.07) is 0.210. The van der Waals surface area contributed by atoms with Crippen LogP contribution < -0.4 is 5.73 Å². The summed E-state index contributed by atoms with van der Waals surface area (Å²) in [5.41, 5.74) is 5.86. The van der Waals surface area contributed by atoms with Crippen LogP contribution in [0.3, 0.4) is 0 Å². The quantitative estimate of drug-likeness (QED) is 0.614. The molecule has 0 heterocycles. The van der Waals surface area contributed by atoms with E-state index < -0.39 is 0 Å². The highest BCUT2D eigenvalue weighted by atomic mass is 16.3. The fourth-order valence-electron chi connectivity index (χ4n) is 1.39. The van der Waals surface area contributed by atoms with E-state index in [1.807, 2.05) is 14.0 Å².